The van der Waals surface area contributed by atoms with E-state index in [4.69, 9.17) is 4.74 Å². The fraction of sp³-hybridized carbons (Fsp3) is 0.435. The van der Waals surface area contributed by atoms with Gasteiger partial charge in [-0.25, -0.2) is 9.78 Å². The maximum atomic E-state index is 12.9. The van der Waals surface area contributed by atoms with Crippen LogP contribution in [0.5, 0.6) is 0 Å². The van der Waals surface area contributed by atoms with Crippen molar-refractivity contribution in [3.63, 3.8) is 0 Å². The first-order valence-corrected chi connectivity index (χ1v) is 10.5. The van der Waals surface area contributed by atoms with E-state index in [2.05, 4.69) is 29.8 Å². The number of halogens is 1. The van der Waals surface area contributed by atoms with Crippen LogP contribution in [0.4, 0.5) is 16.3 Å². The summed E-state index contributed by atoms with van der Waals surface area (Å²) in [5.74, 6) is 1.03. The number of carbonyl (C=O) groups excluding carboxylic acids is 2. The predicted molar refractivity (Wildman–Crippen MR) is 123 cm³/mol. The SMILES string of the molecule is CCc1cnc(N2CCN(C(=O)c3ccc(N4C(=O)OC[C@H]4C)cc3)CC2)c(C)c1.Cl. The van der Waals surface area contributed by atoms with Gasteiger partial charge in [0.25, 0.3) is 5.91 Å². The number of aromatic nitrogens is 1. The van der Waals surface area contributed by atoms with Crippen LogP contribution in [0, 0.1) is 6.92 Å². The fourth-order valence-corrected chi connectivity index (χ4v) is 4.09. The molecule has 2 amide bonds. The molecule has 31 heavy (non-hydrogen) atoms. The van der Waals surface area contributed by atoms with E-state index in [1.807, 2.05) is 30.2 Å². The summed E-state index contributed by atoms with van der Waals surface area (Å²) in [7, 11) is 0. The third-order valence-corrected chi connectivity index (χ3v) is 5.86. The van der Waals surface area contributed by atoms with E-state index < -0.39 is 0 Å². The maximum absolute atomic E-state index is 12.9. The Hall–Kier alpha value is -2.80. The third kappa shape index (κ3) is 4.61. The molecule has 0 bridgehead atoms. The average Bonchev–Trinajstić information content (AvgIpc) is 3.11. The Morgan fingerprint density at radius 3 is 2.39 bits per heavy atom. The molecule has 166 valence electrons. The number of pyridine rings is 1. The van der Waals surface area contributed by atoms with Crippen LogP contribution in [0.2, 0.25) is 0 Å². The van der Waals surface area contributed by atoms with Gasteiger partial charge in [-0.1, -0.05) is 13.0 Å². The van der Waals surface area contributed by atoms with Gasteiger partial charge in [0.1, 0.15) is 12.4 Å². The fourth-order valence-electron chi connectivity index (χ4n) is 4.09. The van der Waals surface area contributed by atoms with Crippen molar-refractivity contribution in [3.8, 4) is 0 Å². The summed E-state index contributed by atoms with van der Waals surface area (Å²) in [4.78, 5) is 35.2. The van der Waals surface area contributed by atoms with E-state index in [1.54, 1.807) is 17.0 Å². The molecule has 2 saturated heterocycles. The normalized spacial score (nSPS) is 18.6. The number of piperazine rings is 1. The molecule has 3 heterocycles. The van der Waals surface area contributed by atoms with Gasteiger partial charge < -0.3 is 14.5 Å². The van der Waals surface area contributed by atoms with Crippen LogP contribution in [0.3, 0.4) is 0 Å². The van der Waals surface area contributed by atoms with Gasteiger partial charge >= 0.3 is 6.09 Å². The lowest BCUT2D eigenvalue weighted by Crippen LogP contribution is -2.49. The maximum Gasteiger partial charge on any atom is 0.414 e. The minimum atomic E-state index is -0.339. The van der Waals surface area contributed by atoms with Gasteiger partial charge in [0.15, 0.2) is 0 Å². The number of ether oxygens (including phenoxy) is 1. The zero-order chi connectivity index (χ0) is 21.3. The first-order valence-electron chi connectivity index (χ1n) is 10.5. The van der Waals surface area contributed by atoms with Crippen molar-refractivity contribution in [2.24, 2.45) is 0 Å². The molecule has 2 aromatic rings. The number of rotatable bonds is 4. The number of anilines is 2. The highest BCUT2D eigenvalue weighted by atomic mass is 35.5. The lowest BCUT2D eigenvalue weighted by molar-refractivity contribution is 0.0746. The van der Waals surface area contributed by atoms with Crippen molar-refractivity contribution in [1.29, 1.82) is 0 Å². The van der Waals surface area contributed by atoms with Crippen molar-refractivity contribution < 1.29 is 14.3 Å². The number of hydrogen-bond donors (Lipinski definition) is 0. The number of cyclic esters (lactones) is 1. The smallest absolute Gasteiger partial charge is 0.414 e. The zero-order valence-corrected chi connectivity index (χ0v) is 19.0. The minimum absolute atomic E-state index is 0. The Kier molecular flexibility index (Phi) is 7.05. The second-order valence-electron chi connectivity index (χ2n) is 7.96. The summed E-state index contributed by atoms with van der Waals surface area (Å²) < 4.78 is 5.07. The molecule has 8 heteroatoms. The molecule has 0 spiro atoms. The monoisotopic (exact) mass is 444 g/mol. The van der Waals surface area contributed by atoms with Crippen LogP contribution in [-0.2, 0) is 11.2 Å². The molecule has 2 fully saturated rings. The largest absolute Gasteiger partial charge is 0.447 e. The van der Waals surface area contributed by atoms with Crippen LogP contribution in [0.25, 0.3) is 0 Å². The lowest BCUT2D eigenvalue weighted by Gasteiger charge is -2.36. The topological polar surface area (TPSA) is 66.0 Å². The van der Waals surface area contributed by atoms with Gasteiger partial charge in [-0.05, 0) is 55.7 Å². The van der Waals surface area contributed by atoms with E-state index in [9.17, 15) is 9.59 Å². The Bertz CT molecular complexity index is 942. The average molecular weight is 445 g/mol. The van der Waals surface area contributed by atoms with E-state index in [1.165, 1.54) is 11.1 Å². The highest BCUT2D eigenvalue weighted by molar-refractivity contribution is 5.96. The van der Waals surface area contributed by atoms with E-state index in [0.29, 0.717) is 25.3 Å². The number of carbonyl (C=O) groups is 2. The van der Waals surface area contributed by atoms with Crippen LogP contribution in [0.15, 0.2) is 36.5 Å². The molecular weight excluding hydrogens is 416 g/mol. The summed E-state index contributed by atoms with van der Waals surface area (Å²) >= 11 is 0. The molecule has 1 aromatic carbocycles. The summed E-state index contributed by atoms with van der Waals surface area (Å²) in [6.07, 6.45) is 2.58. The van der Waals surface area contributed by atoms with Gasteiger partial charge in [-0.3, -0.25) is 9.69 Å². The number of hydrogen-bond acceptors (Lipinski definition) is 5. The molecule has 2 aliphatic heterocycles. The number of aryl methyl sites for hydroxylation is 2. The molecule has 0 N–H and O–H groups in total. The van der Waals surface area contributed by atoms with Gasteiger partial charge in [0.2, 0.25) is 0 Å². The Morgan fingerprint density at radius 1 is 1.16 bits per heavy atom. The number of amides is 2. The van der Waals surface area contributed by atoms with Crippen LogP contribution in [0.1, 0.15) is 35.3 Å². The summed E-state index contributed by atoms with van der Waals surface area (Å²) in [6, 6.07) is 9.40. The van der Waals surface area contributed by atoms with Gasteiger partial charge in [0, 0.05) is 43.6 Å². The van der Waals surface area contributed by atoms with Crippen molar-refractivity contribution in [1.82, 2.24) is 9.88 Å². The molecule has 0 unspecified atom stereocenters. The van der Waals surface area contributed by atoms with Crippen molar-refractivity contribution >= 4 is 35.9 Å². The van der Waals surface area contributed by atoms with E-state index in [0.717, 1.165) is 31.0 Å². The Balaban J connectivity index is 0.00000272. The molecule has 1 aromatic heterocycles. The lowest BCUT2D eigenvalue weighted by atomic mass is 10.1. The van der Waals surface area contributed by atoms with E-state index >= 15 is 0 Å². The molecule has 1 atom stereocenters. The van der Waals surface area contributed by atoms with Crippen molar-refractivity contribution in [2.75, 3.05) is 42.6 Å². The summed E-state index contributed by atoms with van der Waals surface area (Å²) in [5, 5.41) is 0. The summed E-state index contributed by atoms with van der Waals surface area (Å²) in [5.41, 5.74) is 3.81. The molecule has 0 aliphatic carbocycles. The van der Waals surface area contributed by atoms with Crippen molar-refractivity contribution in [3.05, 3.63) is 53.2 Å². The Labute approximate surface area is 189 Å². The first kappa shape index (κ1) is 22.9. The van der Waals surface area contributed by atoms with Crippen LogP contribution < -0.4 is 9.80 Å². The molecule has 0 saturated carbocycles. The predicted octanol–water partition coefficient (Wildman–Crippen LogP) is 3.68. The number of nitrogens with zero attached hydrogens (tertiary/aromatic N) is 4. The van der Waals surface area contributed by atoms with Gasteiger partial charge in [0.05, 0.1) is 6.04 Å². The molecule has 7 nitrogen and oxygen atoms in total. The van der Waals surface area contributed by atoms with E-state index in [-0.39, 0.29) is 30.4 Å². The molecule has 0 radical (unpaired) electrons. The highest BCUT2D eigenvalue weighted by Gasteiger charge is 2.31. The van der Waals surface area contributed by atoms with Crippen LogP contribution >= 0.6 is 12.4 Å². The number of benzene rings is 1. The zero-order valence-electron chi connectivity index (χ0n) is 18.2. The minimum Gasteiger partial charge on any atom is -0.447 e. The first-order chi connectivity index (χ1) is 14.5. The highest BCUT2D eigenvalue weighted by Crippen LogP contribution is 2.24. The van der Waals surface area contributed by atoms with Crippen LogP contribution in [-0.4, -0.2) is 60.7 Å². The summed E-state index contributed by atoms with van der Waals surface area (Å²) in [6.45, 7) is 9.40. The second kappa shape index (κ2) is 9.56. The Morgan fingerprint density at radius 2 is 1.84 bits per heavy atom. The quantitative estimate of drug-likeness (QED) is 0.719. The second-order valence-corrected chi connectivity index (χ2v) is 7.96. The molecular formula is C23H29ClN4O3. The standard InChI is InChI=1S/C23H28N4O3.ClH/c1-4-18-13-16(2)21(24-14-18)25-9-11-26(12-10-25)22(28)19-5-7-20(8-6-19)27-17(3)15-30-23(27)29;/h5-8,13-14,17H,4,9-12,15H2,1-3H3;1H/t17-;/m1./s1. The van der Waals surface area contributed by atoms with Crippen molar-refractivity contribution in [2.45, 2.75) is 33.2 Å². The third-order valence-electron chi connectivity index (χ3n) is 5.86. The van der Waals surface area contributed by atoms with Gasteiger partial charge in [-0.15, -0.1) is 12.4 Å². The van der Waals surface area contributed by atoms with Gasteiger partial charge in [-0.2, -0.15) is 0 Å². The molecule has 4 rings (SSSR count). The molecule has 2 aliphatic rings.